The summed E-state index contributed by atoms with van der Waals surface area (Å²) in [6.45, 7) is -0.307. The number of nitrogens with zero attached hydrogens (tertiary/aromatic N) is 2. The minimum absolute atomic E-state index is 0.145. The van der Waals surface area contributed by atoms with Crippen molar-refractivity contribution in [2.24, 2.45) is 0 Å². The summed E-state index contributed by atoms with van der Waals surface area (Å²) in [5, 5.41) is 8.97. The van der Waals surface area contributed by atoms with Gasteiger partial charge in [-0.05, 0) is 12.1 Å². The number of carboxylic acid groups (broad SMARTS) is 1. The molecule has 21 heavy (non-hydrogen) atoms. The predicted molar refractivity (Wildman–Crippen MR) is 66.0 cm³/mol. The van der Waals surface area contributed by atoms with Gasteiger partial charge in [0.05, 0.1) is 12.1 Å². The molecule has 0 fully saturated rings. The van der Waals surface area contributed by atoms with Gasteiger partial charge in [0.25, 0.3) is 5.56 Å². The number of pyridine rings is 2. The lowest BCUT2D eigenvalue weighted by Gasteiger charge is -2.11. The predicted octanol–water partition coefficient (Wildman–Crippen LogP) is 2.01. The number of aromatic nitrogens is 2. The fourth-order valence-electron chi connectivity index (χ4n) is 1.76. The fourth-order valence-corrected chi connectivity index (χ4v) is 1.76. The first-order chi connectivity index (χ1) is 9.79. The first-order valence-corrected chi connectivity index (χ1v) is 5.74. The van der Waals surface area contributed by atoms with Crippen LogP contribution in [0.1, 0.15) is 21.6 Å². The molecule has 0 aliphatic rings. The summed E-state index contributed by atoms with van der Waals surface area (Å²) >= 11 is 0. The van der Waals surface area contributed by atoms with Crippen LogP contribution < -0.4 is 5.56 Å². The van der Waals surface area contributed by atoms with Crippen molar-refractivity contribution in [2.75, 3.05) is 0 Å². The van der Waals surface area contributed by atoms with E-state index in [1.54, 1.807) is 0 Å². The van der Waals surface area contributed by atoms with Gasteiger partial charge in [-0.2, -0.15) is 13.2 Å². The molecule has 0 aromatic carbocycles. The Morgan fingerprint density at radius 1 is 1.29 bits per heavy atom. The van der Waals surface area contributed by atoms with Crippen LogP contribution in [0.2, 0.25) is 0 Å². The van der Waals surface area contributed by atoms with E-state index >= 15 is 0 Å². The van der Waals surface area contributed by atoms with Crippen LogP contribution in [0.25, 0.3) is 0 Å². The minimum atomic E-state index is -4.58. The van der Waals surface area contributed by atoms with Gasteiger partial charge in [0.1, 0.15) is 0 Å². The summed E-state index contributed by atoms with van der Waals surface area (Å²) in [5.74, 6) is -1.31. The third-order valence-corrected chi connectivity index (χ3v) is 2.75. The molecule has 5 nitrogen and oxygen atoms in total. The van der Waals surface area contributed by atoms with E-state index < -0.39 is 23.3 Å². The van der Waals surface area contributed by atoms with Gasteiger partial charge in [-0.15, -0.1) is 0 Å². The highest BCUT2D eigenvalue weighted by molar-refractivity contribution is 5.86. The molecule has 0 aliphatic heterocycles. The Bertz CT molecular complexity index is 738. The van der Waals surface area contributed by atoms with Gasteiger partial charge in [0, 0.05) is 24.0 Å². The van der Waals surface area contributed by atoms with E-state index in [-0.39, 0.29) is 17.8 Å². The highest BCUT2D eigenvalue weighted by Gasteiger charge is 2.31. The van der Waals surface area contributed by atoms with Gasteiger partial charge in [0.15, 0.2) is 5.69 Å². The summed E-state index contributed by atoms with van der Waals surface area (Å²) in [6.07, 6.45) is -2.68. The lowest BCUT2D eigenvalue weighted by atomic mass is 10.2. The topological polar surface area (TPSA) is 72.2 Å². The van der Waals surface area contributed by atoms with Crippen molar-refractivity contribution in [1.29, 1.82) is 0 Å². The van der Waals surface area contributed by atoms with Crippen molar-refractivity contribution in [2.45, 2.75) is 12.7 Å². The number of carbonyl (C=O) groups is 1. The lowest BCUT2D eigenvalue weighted by molar-refractivity contribution is -0.138. The average Bonchev–Trinajstić information content (AvgIpc) is 2.40. The zero-order valence-corrected chi connectivity index (χ0v) is 10.5. The molecule has 2 rings (SSSR count). The number of aromatic carboxylic acids is 1. The summed E-state index contributed by atoms with van der Waals surface area (Å²) in [6, 6.07) is 4.31. The molecule has 0 saturated heterocycles. The zero-order valence-electron chi connectivity index (χ0n) is 10.5. The van der Waals surface area contributed by atoms with Crippen LogP contribution in [0, 0.1) is 0 Å². The van der Waals surface area contributed by atoms with Gasteiger partial charge in [-0.25, -0.2) is 9.78 Å². The molecule has 0 radical (unpaired) electrons. The van der Waals surface area contributed by atoms with Crippen molar-refractivity contribution in [1.82, 2.24) is 9.55 Å². The van der Waals surface area contributed by atoms with Crippen LogP contribution in [0.3, 0.4) is 0 Å². The lowest BCUT2D eigenvalue weighted by Crippen LogP contribution is -2.23. The zero-order chi connectivity index (χ0) is 15.6. The first-order valence-electron chi connectivity index (χ1n) is 5.74. The quantitative estimate of drug-likeness (QED) is 0.941. The van der Waals surface area contributed by atoms with Gasteiger partial charge >= 0.3 is 12.1 Å². The molecule has 2 heterocycles. The number of carboxylic acids is 1. The van der Waals surface area contributed by atoms with E-state index in [9.17, 15) is 22.8 Å². The van der Waals surface area contributed by atoms with Crippen molar-refractivity contribution < 1.29 is 23.1 Å². The van der Waals surface area contributed by atoms with Crippen LogP contribution in [-0.2, 0) is 12.7 Å². The summed E-state index contributed by atoms with van der Waals surface area (Å²) < 4.78 is 38.7. The third-order valence-electron chi connectivity index (χ3n) is 2.75. The Kier molecular flexibility index (Phi) is 3.79. The molecule has 0 bridgehead atoms. The largest absolute Gasteiger partial charge is 0.477 e. The molecule has 2 aromatic rings. The Morgan fingerprint density at radius 2 is 2.00 bits per heavy atom. The van der Waals surface area contributed by atoms with Crippen LogP contribution in [0.5, 0.6) is 0 Å². The number of alkyl halides is 3. The van der Waals surface area contributed by atoms with Crippen LogP contribution >= 0.6 is 0 Å². The second-order valence-corrected chi connectivity index (χ2v) is 4.20. The summed E-state index contributed by atoms with van der Waals surface area (Å²) in [4.78, 5) is 26.2. The molecule has 110 valence electrons. The van der Waals surface area contributed by atoms with Gasteiger partial charge < -0.3 is 9.67 Å². The normalized spacial score (nSPS) is 11.4. The van der Waals surface area contributed by atoms with E-state index in [2.05, 4.69) is 4.98 Å². The van der Waals surface area contributed by atoms with Crippen LogP contribution in [-0.4, -0.2) is 20.6 Å². The molecular weight excluding hydrogens is 289 g/mol. The number of halogens is 3. The number of hydrogen-bond acceptors (Lipinski definition) is 3. The summed E-state index contributed by atoms with van der Waals surface area (Å²) in [7, 11) is 0. The third kappa shape index (κ3) is 3.28. The molecule has 0 aliphatic carbocycles. The maximum absolute atomic E-state index is 12.6. The highest BCUT2D eigenvalue weighted by Crippen LogP contribution is 2.28. The second-order valence-electron chi connectivity index (χ2n) is 4.20. The SMILES string of the molecule is O=C(O)c1ncccc1Cn1cc(C(F)(F)F)ccc1=O. The Balaban J connectivity index is 2.45. The van der Waals surface area contributed by atoms with E-state index in [1.165, 1.54) is 18.3 Å². The van der Waals surface area contributed by atoms with Crippen LogP contribution in [0.4, 0.5) is 13.2 Å². The van der Waals surface area contributed by atoms with E-state index in [0.29, 0.717) is 12.3 Å². The maximum Gasteiger partial charge on any atom is 0.417 e. The number of rotatable bonds is 3. The molecule has 0 spiro atoms. The molecule has 8 heteroatoms. The van der Waals surface area contributed by atoms with Crippen molar-refractivity contribution in [3.8, 4) is 0 Å². The molecule has 1 N–H and O–H groups in total. The summed E-state index contributed by atoms with van der Waals surface area (Å²) in [5.41, 5.74) is -1.81. The maximum atomic E-state index is 12.6. The van der Waals surface area contributed by atoms with Crippen LogP contribution in [0.15, 0.2) is 41.5 Å². The average molecular weight is 298 g/mol. The smallest absolute Gasteiger partial charge is 0.417 e. The molecule has 2 aromatic heterocycles. The highest BCUT2D eigenvalue weighted by atomic mass is 19.4. The molecule has 0 unspecified atom stereocenters. The van der Waals surface area contributed by atoms with Gasteiger partial charge in [-0.1, -0.05) is 6.07 Å². The Morgan fingerprint density at radius 3 is 2.62 bits per heavy atom. The Labute approximate surface area is 116 Å². The fraction of sp³-hybridized carbons (Fsp3) is 0.154. The monoisotopic (exact) mass is 298 g/mol. The van der Waals surface area contributed by atoms with Crippen molar-refractivity contribution >= 4 is 5.97 Å². The Hall–Kier alpha value is -2.64. The number of hydrogen-bond donors (Lipinski definition) is 1. The van der Waals surface area contributed by atoms with E-state index in [4.69, 9.17) is 5.11 Å². The minimum Gasteiger partial charge on any atom is -0.477 e. The molecule has 0 amide bonds. The molecular formula is C13H9F3N2O3. The van der Waals surface area contributed by atoms with Gasteiger partial charge in [-0.3, -0.25) is 4.79 Å². The standard InChI is InChI=1S/C13H9F3N2O3/c14-13(15,16)9-3-4-10(19)18(7-9)6-8-2-1-5-17-11(8)12(20)21/h1-5,7H,6H2,(H,20,21). The van der Waals surface area contributed by atoms with Crippen molar-refractivity contribution in [3.05, 3.63) is 63.8 Å². The second kappa shape index (κ2) is 5.39. The molecule has 0 atom stereocenters. The molecule has 0 saturated carbocycles. The van der Waals surface area contributed by atoms with E-state index in [0.717, 1.165) is 10.6 Å². The van der Waals surface area contributed by atoms with Crippen molar-refractivity contribution in [3.63, 3.8) is 0 Å². The van der Waals surface area contributed by atoms with E-state index in [1.807, 2.05) is 0 Å². The van der Waals surface area contributed by atoms with Gasteiger partial charge in [0.2, 0.25) is 0 Å². The first kappa shape index (κ1) is 14.8.